The summed E-state index contributed by atoms with van der Waals surface area (Å²) in [6.07, 6.45) is 1.44. The summed E-state index contributed by atoms with van der Waals surface area (Å²) in [4.78, 5) is 0. The first-order chi connectivity index (χ1) is 9.52. The molecule has 5 nitrogen and oxygen atoms in total. The maximum Gasteiger partial charge on any atom is 0.161 e. The molecular weight excluding hydrogens is 278 g/mol. The van der Waals surface area contributed by atoms with E-state index in [0.29, 0.717) is 31.1 Å². The molecule has 1 aromatic carbocycles. The Morgan fingerprint density at radius 1 is 1.25 bits per heavy atom. The molecule has 2 N–H and O–H groups in total. The van der Waals surface area contributed by atoms with Gasteiger partial charge >= 0.3 is 0 Å². The van der Waals surface area contributed by atoms with Crippen molar-refractivity contribution in [2.24, 2.45) is 5.73 Å². The van der Waals surface area contributed by atoms with Crippen LogP contribution in [0.15, 0.2) is 18.2 Å². The average Bonchev–Trinajstić information content (AvgIpc) is 2.62. The Bertz CT molecular complexity index is 556. The van der Waals surface area contributed by atoms with Crippen molar-refractivity contribution in [1.29, 1.82) is 0 Å². The zero-order valence-electron chi connectivity index (χ0n) is 11.7. The van der Waals surface area contributed by atoms with Crippen molar-refractivity contribution in [2.45, 2.75) is 25.8 Å². The van der Waals surface area contributed by atoms with Gasteiger partial charge in [-0.25, -0.2) is 8.42 Å². The molecule has 1 heterocycles. The van der Waals surface area contributed by atoms with Crippen LogP contribution in [0.4, 0.5) is 0 Å². The summed E-state index contributed by atoms with van der Waals surface area (Å²) in [5, 5.41) is 0. The van der Waals surface area contributed by atoms with Gasteiger partial charge in [0.1, 0.15) is 0 Å². The Kier molecular flexibility index (Phi) is 4.88. The van der Waals surface area contributed by atoms with Crippen LogP contribution in [0.25, 0.3) is 0 Å². The third-order valence-corrected chi connectivity index (χ3v) is 5.05. The average molecular weight is 299 g/mol. The van der Waals surface area contributed by atoms with Gasteiger partial charge in [-0.05, 0) is 24.1 Å². The van der Waals surface area contributed by atoms with Crippen LogP contribution in [0.5, 0.6) is 11.5 Å². The molecule has 0 radical (unpaired) electrons. The lowest BCUT2D eigenvalue weighted by molar-refractivity contribution is 0.297. The summed E-state index contributed by atoms with van der Waals surface area (Å²) in [6, 6.07) is 4.85. The van der Waals surface area contributed by atoms with Crippen LogP contribution in [0.1, 0.15) is 31.4 Å². The van der Waals surface area contributed by atoms with Crippen molar-refractivity contribution < 1.29 is 17.9 Å². The number of nitrogens with two attached hydrogens (primary N) is 1. The molecule has 20 heavy (non-hydrogen) atoms. The number of hydrogen-bond donors (Lipinski definition) is 1. The molecule has 6 heteroatoms. The first-order valence-corrected chi connectivity index (χ1v) is 8.69. The molecule has 0 amide bonds. The normalized spacial score (nSPS) is 16.5. The van der Waals surface area contributed by atoms with E-state index >= 15 is 0 Å². The zero-order chi connectivity index (χ0) is 14.6. The van der Waals surface area contributed by atoms with Gasteiger partial charge < -0.3 is 15.2 Å². The van der Waals surface area contributed by atoms with E-state index in [2.05, 4.69) is 0 Å². The fourth-order valence-corrected chi connectivity index (χ4v) is 3.70. The molecule has 1 atom stereocenters. The number of sulfone groups is 1. The molecule has 1 aliphatic rings. The van der Waals surface area contributed by atoms with E-state index in [-0.39, 0.29) is 11.5 Å². The highest BCUT2D eigenvalue weighted by molar-refractivity contribution is 7.91. The minimum Gasteiger partial charge on any atom is -0.490 e. The predicted octanol–water partition coefficient (Wildman–Crippen LogP) is 1.67. The van der Waals surface area contributed by atoms with Gasteiger partial charge in [0, 0.05) is 18.2 Å². The third-order valence-electron chi connectivity index (χ3n) is 3.15. The van der Waals surface area contributed by atoms with Crippen LogP contribution in [0.3, 0.4) is 0 Å². The van der Waals surface area contributed by atoms with E-state index in [0.717, 1.165) is 12.0 Å². The second-order valence-corrected chi connectivity index (χ2v) is 7.21. The fraction of sp³-hybridized carbons (Fsp3) is 0.571. The number of hydrogen-bond acceptors (Lipinski definition) is 5. The molecule has 0 saturated heterocycles. The number of benzene rings is 1. The van der Waals surface area contributed by atoms with Gasteiger partial charge in [0.2, 0.25) is 0 Å². The smallest absolute Gasteiger partial charge is 0.161 e. The Morgan fingerprint density at radius 3 is 2.65 bits per heavy atom. The van der Waals surface area contributed by atoms with E-state index in [1.54, 1.807) is 18.2 Å². The second kappa shape index (κ2) is 6.45. The summed E-state index contributed by atoms with van der Waals surface area (Å²) in [5.41, 5.74) is 6.77. The number of fused-ring (bicyclic) bond motifs is 1. The van der Waals surface area contributed by atoms with Gasteiger partial charge in [0.05, 0.1) is 19.0 Å². The predicted molar refractivity (Wildman–Crippen MR) is 77.9 cm³/mol. The van der Waals surface area contributed by atoms with E-state index in [1.165, 1.54) is 0 Å². The van der Waals surface area contributed by atoms with Gasteiger partial charge in [-0.15, -0.1) is 0 Å². The van der Waals surface area contributed by atoms with Gasteiger partial charge in [-0.1, -0.05) is 13.0 Å². The second-order valence-electron chi connectivity index (χ2n) is 4.98. The Balaban J connectivity index is 2.14. The summed E-state index contributed by atoms with van der Waals surface area (Å²) < 4.78 is 34.8. The Morgan fingerprint density at radius 2 is 1.95 bits per heavy atom. The van der Waals surface area contributed by atoms with E-state index in [1.807, 2.05) is 6.92 Å². The quantitative estimate of drug-likeness (QED) is 0.894. The summed E-state index contributed by atoms with van der Waals surface area (Å²) in [5.74, 6) is 1.46. The summed E-state index contributed by atoms with van der Waals surface area (Å²) in [7, 11) is -3.10. The molecule has 1 aliphatic heterocycles. The van der Waals surface area contributed by atoms with E-state index < -0.39 is 15.9 Å². The third kappa shape index (κ3) is 3.86. The standard InChI is InChI=1S/C14H21NO4S/c1-2-8-20(16,17)10-12(15)11-4-5-13-14(9-11)19-7-3-6-18-13/h4-5,9,12H,2-3,6-8,10,15H2,1H3. The van der Waals surface area contributed by atoms with Gasteiger partial charge in [0.15, 0.2) is 21.3 Å². The highest BCUT2D eigenvalue weighted by Gasteiger charge is 2.19. The van der Waals surface area contributed by atoms with Crippen molar-refractivity contribution >= 4 is 9.84 Å². The van der Waals surface area contributed by atoms with Gasteiger partial charge in [-0.3, -0.25) is 0 Å². The highest BCUT2D eigenvalue weighted by atomic mass is 32.2. The zero-order valence-corrected chi connectivity index (χ0v) is 12.5. The van der Waals surface area contributed by atoms with Crippen LogP contribution in [-0.2, 0) is 9.84 Å². The molecule has 1 aromatic rings. The lowest BCUT2D eigenvalue weighted by Gasteiger charge is -2.15. The van der Waals surface area contributed by atoms with Crippen molar-refractivity contribution in [3.63, 3.8) is 0 Å². The number of ether oxygens (including phenoxy) is 2. The van der Waals surface area contributed by atoms with Crippen molar-refractivity contribution in [1.82, 2.24) is 0 Å². The van der Waals surface area contributed by atoms with Crippen molar-refractivity contribution in [2.75, 3.05) is 24.7 Å². The maximum atomic E-state index is 11.8. The lowest BCUT2D eigenvalue weighted by atomic mass is 10.1. The molecule has 112 valence electrons. The largest absolute Gasteiger partial charge is 0.490 e. The first-order valence-electron chi connectivity index (χ1n) is 6.87. The monoisotopic (exact) mass is 299 g/mol. The van der Waals surface area contributed by atoms with Crippen molar-refractivity contribution in [3.05, 3.63) is 23.8 Å². The summed E-state index contributed by atoms with van der Waals surface area (Å²) in [6.45, 7) is 3.07. The van der Waals surface area contributed by atoms with E-state index in [4.69, 9.17) is 15.2 Å². The SMILES string of the molecule is CCCS(=O)(=O)CC(N)c1ccc2c(c1)OCCCO2. The molecule has 0 fully saturated rings. The van der Waals surface area contributed by atoms with Crippen LogP contribution in [-0.4, -0.2) is 33.1 Å². The van der Waals surface area contributed by atoms with Crippen molar-refractivity contribution in [3.8, 4) is 11.5 Å². The number of rotatable bonds is 5. The Hall–Kier alpha value is -1.27. The molecule has 2 rings (SSSR count). The highest BCUT2D eigenvalue weighted by Crippen LogP contribution is 2.32. The van der Waals surface area contributed by atoms with Gasteiger partial charge in [-0.2, -0.15) is 0 Å². The van der Waals surface area contributed by atoms with Gasteiger partial charge in [0.25, 0.3) is 0 Å². The van der Waals surface area contributed by atoms with Crippen LogP contribution in [0, 0.1) is 0 Å². The lowest BCUT2D eigenvalue weighted by Crippen LogP contribution is -2.23. The minimum atomic E-state index is -3.10. The van der Waals surface area contributed by atoms with Crippen LogP contribution in [0.2, 0.25) is 0 Å². The minimum absolute atomic E-state index is 0.0412. The molecule has 0 aromatic heterocycles. The van der Waals surface area contributed by atoms with E-state index in [9.17, 15) is 8.42 Å². The molecular formula is C14H21NO4S. The molecule has 0 spiro atoms. The summed E-state index contributed by atoms with van der Waals surface area (Å²) >= 11 is 0. The molecule has 0 saturated carbocycles. The maximum absolute atomic E-state index is 11.8. The molecule has 0 bridgehead atoms. The molecule has 1 unspecified atom stereocenters. The topological polar surface area (TPSA) is 78.6 Å². The molecule has 0 aliphatic carbocycles. The fourth-order valence-electron chi connectivity index (χ4n) is 2.17. The first kappa shape index (κ1) is 15.1. The van der Waals surface area contributed by atoms with Crippen LogP contribution >= 0.6 is 0 Å². The Labute approximate surface area is 120 Å². The van der Waals surface area contributed by atoms with Crippen LogP contribution < -0.4 is 15.2 Å².